The van der Waals surface area contributed by atoms with E-state index in [9.17, 15) is 14.4 Å². The van der Waals surface area contributed by atoms with Gasteiger partial charge in [0.1, 0.15) is 6.10 Å². The van der Waals surface area contributed by atoms with Crippen molar-refractivity contribution in [3.63, 3.8) is 0 Å². The molecule has 0 aliphatic heterocycles. The molecular formula is C32H48N4O4. The number of unbranched alkanes of at least 4 members (excludes halogenated alkanes) is 8. The third-order valence-electron chi connectivity index (χ3n) is 7.90. The van der Waals surface area contributed by atoms with Gasteiger partial charge in [0.15, 0.2) is 0 Å². The molecule has 0 aromatic heterocycles. The number of carbonyl (C=O) groups excluding carboxylic acids is 3. The summed E-state index contributed by atoms with van der Waals surface area (Å²) in [5.74, 6) is -0.588. The number of rotatable bonds is 16. The lowest BCUT2D eigenvalue weighted by atomic mass is 9.68. The summed E-state index contributed by atoms with van der Waals surface area (Å²) in [6, 6.07) is 9.01. The molecule has 40 heavy (non-hydrogen) atoms. The van der Waals surface area contributed by atoms with Crippen LogP contribution in [0.3, 0.4) is 0 Å². The first-order valence-electron chi connectivity index (χ1n) is 15.5. The van der Waals surface area contributed by atoms with Crippen LogP contribution < -0.4 is 10.9 Å². The molecule has 8 nitrogen and oxygen atoms in total. The Kier molecular flexibility index (Phi) is 13.9. The molecule has 2 amide bonds. The van der Waals surface area contributed by atoms with Crippen molar-refractivity contribution in [1.29, 1.82) is 0 Å². The van der Waals surface area contributed by atoms with E-state index in [0.29, 0.717) is 31.2 Å². The number of nitrogens with one attached hydrogen (secondary N) is 2. The molecule has 220 valence electrons. The minimum atomic E-state index is -0.338. The molecule has 2 saturated carbocycles. The van der Waals surface area contributed by atoms with Gasteiger partial charge < -0.3 is 4.74 Å². The lowest BCUT2D eigenvalue weighted by molar-refractivity contribution is -0.122. The van der Waals surface area contributed by atoms with Crippen LogP contribution >= 0.6 is 0 Å². The van der Waals surface area contributed by atoms with Gasteiger partial charge in [0.25, 0.3) is 0 Å². The second-order valence-corrected chi connectivity index (χ2v) is 11.2. The van der Waals surface area contributed by atoms with Gasteiger partial charge in [-0.05, 0) is 50.7 Å². The van der Waals surface area contributed by atoms with Crippen LogP contribution in [0.25, 0.3) is 0 Å². The van der Waals surface area contributed by atoms with Crippen molar-refractivity contribution in [2.75, 3.05) is 0 Å². The summed E-state index contributed by atoms with van der Waals surface area (Å²) >= 11 is 0. The zero-order chi connectivity index (χ0) is 28.6. The highest BCUT2D eigenvalue weighted by Crippen LogP contribution is 2.38. The molecule has 2 fully saturated rings. The molecule has 8 heteroatoms. The molecule has 1 aromatic rings. The molecule has 3 unspecified atom stereocenters. The van der Waals surface area contributed by atoms with Gasteiger partial charge in [-0.25, -0.2) is 15.6 Å². The van der Waals surface area contributed by atoms with E-state index in [4.69, 9.17) is 4.74 Å². The molecule has 2 N–H and O–H groups in total. The fourth-order valence-corrected chi connectivity index (χ4v) is 5.62. The van der Waals surface area contributed by atoms with E-state index in [-0.39, 0.29) is 35.7 Å². The number of benzene rings is 1. The summed E-state index contributed by atoms with van der Waals surface area (Å²) in [7, 11) is 0. The first-order chi connectivity index (χ1) is 19.5. The van der Waals surface area contributed by atoms with Crippen LogP contribution in [0.15, 0.2) is 40.5 Å². The van der Waals surface area contributed by atoms with E-state index in [1.807, 2.05) is 18.2 Å². The second kappa shape index (κ2) is 17.6. The maximum Gasteiger partial charge on any atom is 0.338 e. The Morgan fingerprint density at radius 3 is 2.02 bits per heavy atom. The summed E-state index contributed by atoms with van der Waals surface area (Å²) < 4.78 is 5.91. The zero-order valence-electron chi connectivity index (χ0n) is 24.5. The Labute approximate surface area is 239 Å². The number of hydrogen-bond acceptors (Lipinski definition) is 6. The van der Waals surface area contributed by atoms with Crippen molar-refractivity contribution >= 4 is 29.2 Å². The number of amides is 2. The number of ether oxygens (including phenoxy) is 1. The summed E-state index contributed by atoms with van der Waals surface area (Å²) in [6.45, 7) is 4.35. The molecule has 0 heterocycles. The van der Waals surface area contributed by atoms with E-state index in [0.717, 1.165) is 62.8 Å². The Morgan fingerprint density at radius 1 is 0.800 bits per heavy atom. The van der Waals surface area contributed by atoms with Crippen LogP contribution in [-0.4, -0.2) is 35.3 Å². The van der Waals surface area contributed by atoms with Gasteiger partial charge in [0.05, 0.1) is 11.3 Å². The minimum Gasteiger partial charge on any atom is -0.459 e. The van der Waals surface area contributed by atoms with Gasteiger partial charge in [0.2, 0.25) is 11.8 Å². The Hall–Kier alpha value is -3.03. The van der Waals surface area contributed by atoms with Crippen molar-refractivity contribution < 1.29 is 19.1 Å². The highest BCUT2D eigenvalue weighted by molar-refractivity contribution is 6.11. The zero-order valence-corrected chi connectivity index (χ0v) is 24.5. The SMILES string of the molecule is CCCCCCCC(=O)NN=C1C2CC/C(=N/NC(=O)CCCCCCC)C1CC(OC(=O)c1ccccc1)C2. The number of nitrogens with zero attached hydrogens (tertiary/aromatic N) is 2. The monoisotopic (exact) mass is 552 g/mol. The van der Waals surface area contributed by atoms with Crippen molar-refractivity contribution in [3.8, 4) is 0 Å². The number of hydrazone groups is 2. The predicted molar refractivity (Wildman–Crippen MR) is 159 cm³/mol. The van der Waals surface area contributed by atoms with Crippen LogP contribution in [0, 0.1) is 11.8 Å². The van der Waals surface area contributed by atoms with Crippen LogP contribution in [0.4, 0.5) is 0 Å². The van der Waals surface area contributed by atoms with Crippen LogP contribution in [-0.2, 0) is 14.3 Å². The van der Waals surface area contributed by atoms with Crippen molar-refractivity contribution in [2.45, 2.75) is 123 Å². The largest absolute Gasteiger partial charge is 0.459 e. The van der Waals surface area contributed by atoms with E-state index in [1.165, 1.54) is 25.7 Å². The molecule has 0 saturated heterocycles. The van der Waals surface area contributed by atoms with E-state index < -0.39 is 0 Å². The predicted octanol–water partition coefficient (Wildman–Crippen LogP) is 6.70. The van der Waals surface area contributed by atoms with E-state index in [1.54, 1.807) is 12.1 Å². The average Bonchev–Trinajstić information content (AvgIpc) is 2.96. The maximum atomic E-state index is 12.8. The molecule has 2 bridgehead atoms. The molecule has 1 aromatic carbocycles. The fraction of sp³-hybridized carbons (Fsp3) is 0.656. The number of carbonyl (C=O) groups is 3. The van der Waals surface area contributed by atoms with Crippen molar-refractivity contribution in [2.24, 2.45) is 22.0 Å². The first kappa shape index (κ1) is 31.5. The van der Waals surface area contributed by atoms with Crippen LogP contribution in [0.1, 0.15) is 127 Å². The lowest BCUT2D eigenvalue weighted by Gasteiger charge is -2.40. The molecule has 3 rings (SSSR count). The smallest absolute Gasteiger partial charge is 0.338 e. The third-order valence-corrected chi connectivity index (χ3v) is 7.90. The van der Waals surface area contributed by atoms with E-state index in [2.05, 4.69) is 34.9 Å². The Balaban J connectivity index is 1.64. The van der Waals surface area contributed by atoms with E-state index >= 15 is 0 Å². The average molecular weight is 553 g/mol. The minimum absolute atomic E-state index is 0.0745. The van der Waals surface area contributed by atoms with Gasteiger partial charge in [-0.15, -0.1) is 0 Å². The number of fused-ring (bicyclic) bond motifs is 2. The third kappa shape index (κ3) is 10.5. The van der Waals surface area contributed by atoms with Gasteiger partial charge in [-0.1, -0.05) is 83.4 Å². The van der Waals surface area contributed by atoms with Gasteiger partial charge in [0, 0.05) is 30.4 Å². The Bertz CT molecular complexity index is 1010. The summed E-state index contributed by atoms with van der Waals surface area (Å²) in [5.41, 5.74) is 7.78. The van der Waals surface area contributed by atoms with Crippen molar-refractivity contribution in [1.82, 2.24) is 10.9 Å². The maximum absolute atomic E-state index is 12.8. The second-order valence-electron chi connectivity index (χ2n) is 11.2. The van der Waals surface area contributed by atoms with Gasteiger partial charge in [-0.3, -0.25) is 9.59 Å². The quantitative estimate of drug-likeness (QED) is 0.135. The summed E-state index contributed by atoms with van der Waals surface area (Å²) in [6.07, 6.45) is 14.2. The number of hydrogen-bond donors (Lipinski definition) is 2. The van der Waals surface area contributed by atoms with Crippen molar-refractivity contribution in [3.05, 3.63) is 35.9 Å². The first-order valence-corrected chi connectivity index (χ1v) is 15.5. The molecular weight excluding hydrogens is 504 g/mol. The normalized spacial score (nSPS) is 22.2. The topological polar surface area (TPSA) is 109 Å². The van der Waals surface area contributed by atoms with Gasteiger partial charge in [-0.2, -0.15) is 10.2 Å². The number of esters is 1. The lowest BCUT2D eigenvalue weighted by Crippen LogP contribution is -2.46. The van der Waals surface area contributed by atoms with Crippen LogP contribution in [0.2, 0.25) is 0 Å². The Morgan fingerprint density at radius 2 is 1.40 bits per heavy atom. The van der Waals surface area contributed by atoms with Crippen LogP contribution in [0.5, 0.6) is 0 Å². The highest BCUT2D eigenvalue weighted by Gasteiger charge is 2.42. The molecule has 0 radical (unpaired) electrons. The van der Waals surface area contributed by atoms with Gasteiger partial charge >= 0.3 is 5.97 Å². The summed E-state index contributed by atoms with van der Waals surface area (Å²) in [4.78, 5) is 37.7. The molecule has 2 aliphatic rings. The summed E-state index contributed by atoms with van der Waals surface area (Å²) in [5, 5.41) is 9.12. The highest BCUT2D eigenvalue weighted by atomic mass is 16.5. The molecule has 3 atom stereocenters. The standard InChI is InChI=1S/C32H48N4O4/c1-3-5-7-9-14-18-29(37)34-33-28-21-20-25-22-26(40-32(39)24-16-12-11-13-17-24)23-27(28)31(25)36-35-30(38)19-15-10-8-6-4-2/h11-13,16-17,25-27H,3-10,14-15,18-23H2,1-2H3,(H,34,37)(H,35,38)/b33-28-,36-31?. The molecule has 2 aliphatic carbocycles. The molecule has 0 spiro atoms. The fourth-order valence-electron chi connectivity index (χ4n) is 5.62.